The number of hydrogen-bond acceptors (Lipinski definition) is 3. The van der Waals surface area contributed by atoms with E-state index in [0.29, 0.717) is 21.9 Å². The van der Waals surface area contributed by atoms with Gasteiger partial charge in [-0.1, -0.05) is 0 Å². The minimum absolute atomic E-state index is 0.361. The van der Waals surface area contributed by atoms with Crippen LogP contribution < -0.4 is 0 Å². The van der Waals surface area contributed by atoms with Crippen LogP contribution >= 0.6 is 15.9 Å². The van der Waals surface area contributed by atoms with Crippen molar-refractivity contribution in [1.29, 1.82) is 0 Å². The first kappa shape index (κ1) is 10.9. The zero-order valence-electron chi connectivity index (χ0n) is 7.83. The molecule has 0 saturated heterocycles. The Bertz CT molecular complexity index is 385. The second-order valence-electron chi connectivity index (χ2n) is 2.80. The number of benzene rings is 1. The highest BCUT2D eigenvalue weighted by atomic mass is 79.9. The smallest absolute Gasteiger partial charge is 0.339 e. The number of carbonyl (C=O) groups excluding carboxylic acids is 2. The van der Waals surface area contributed by atoms with E-state index in [1.54, 1.807) is 13.0 Å². The molecular formula is C10H9BrO3. The number of ether oxygens (including phenoxy) is 1. The first-order valence-electron chi connectivity index (χ1n) is 3.93. The van der Waals surface area contributed by atoms with Crippen LogP contribution in [0.5, 0.6) is 0 Å². The Kier molecular flexibility index (Phi) is 3.41. The molecule has 74 valence electrons. The predicted molar refractivity (Wildman–Crippen MR) is 55.6 cm³/mol. The fourth-order valence-electron chi connectivity index (χ4n) is 1.08. The van der Waals surface area contributed by atoms with Gasteiger partial charge in [0.05, 0.1) is 12.7 Å². The van der Waals surface area contributed by atoms with Crippen molar-refractivity contribution in [2.24, 2.45) is 0 Å². The first-order valence-corrected chi connectivity index (χ1v) is 4.73. The summed E-state index contributed by atoms with van der Waals surface area (Å²) in [5.41, 5.74) is 1.67. The number of aryl methyl sites for hydroxylation is 1. The molecular weight excluding hydrogens is 248 g/mol. The molecule has 4 heteroatoms. The van der Waals surface area contributed by atoms with E-state index >= 15 is 0 Å². The van der Waals surface area contributed by atoms with Gasteiger partial charge >= 0.3 is 5.97 Å². The lowest BCUT2D eigenvalue weighted by atomic mass is 10.1. The quantitative estimate of drug-likeness (QED) is 0.603. The fourth-order valence-corrected chi connectivity index (χ4v) is 1.70. The van der Waals surface area contributed by atoms with Gasteiger partial charge in [0.2, 0.25) is 0 Å². The highest BCUT2D eigenvalue weighted by Gasteiger charge is 2.12. The Morgan fingerprint density at radius 2 is 2.14 bits per heavy atom. The van der Waals surface area contributed by atoms with Crippen LogP contribution in [0.15, 0.2) is 16.6 Å². The van der Waals surface area contributed by atoms with Crippen molar-refractivity contribution in [3.63, 3.8) is 0 Å². The Balaban J connectivity index is 3.30. The molecule has 0 atom stereocenters. The Morgan fingerprint density at radius 3 is 2.64 bits per heavy atom. The largest absolute Gasteiger partial charge is 0.465 e. The molecule has 0 aliphatic rings. The molecule has 0 fully saturated rings. The van der Waals surface area contributed by atoms with Crippen LogP contribution in [0.4, 0.5) is 0 Å². The summed E-state index contributed by atoms with van der Waals surface area (Å²) in [5, 5.41) is 0. The van der Waals surface area contributed by atoms with E-state index in [1.807, 2.05) is 0 Å². The number of hydrogen-bond donors (Lipinski definition) is 0. The van der Waals surface area contributed by atoms with Crippen LogP contribution in [-0.2, 0) is 4.74 Å². The highest BCUT2D eigenvalue weighted by Crippen LogP contribution is 2.21. The standard InChI is InChI=1S/C10H9BrO3/c1-6-3-9(11)8(10(13)14-2)4-7(6)5-12/h3-5H,1-2H3. The summed E-state index contributed by atoms with van der Waals surface area (Å²) in [5.74, 6) is -0.458. The number of methoxy groups -OCH3 is 1. The lowest BCUT2D eigenvalue weighted by Gasteiger charge is -2.05. The van der Waals surface area contributed by atoms with Crippen molar-refractivity contribution in [2.45, 2.75) is 6.92 Å². The summed E-state index contributed by atoms with van der Waals surface area (Å²) in [6, 6.07) is 3.23. The second-order valence-corrected chi connectivity index (χ2v) is 3.65. The SMILES string of the molecule is COC(=O)c1cc(C=O)c(C)cc1Br. The van der Waals surface area contributed by atoms with Gasteiger partial charge in [0.25, 0.3) is 0 Å². The van der Waals surface area contributed by atoms with Crippen molar-refractivity contribution < 1.29 is 14.3 Å². The maximum Gasteiger partial charge on any atom is 0.339 e. The molecule has 14 heavy (non-hydrogen) atoms. The molecule has 1 rings (SSSR count). The zero-order chi connectivity index (χ0) is 10.7. The van der Waals surface area contributed by atoms with Crippen LogP contribution in [0.25, 0.3) is 0 Å². The van der Waals surface area contributed by atoms with Crippen LogP contribution in [0.3, 0.4) is 0 Å². The summed E-state index contributed by atoms with van der Waals surface area (Å²) in [6.45, 7) is 1.80. The average molecular weight is 257 g/mol. The van der Waals surface area contributed by atoms with Gasteiger partial charge < -0.3 is 4.74 Å². The van der Waals surface area contributed by atoms with Crippen LogP contribution in [0, 0.1) is 6.92 Å². The number of carbonyl (C=O) groups is 2. The molecule has 0 bridgehead atoms. The molecule has 0 heterocycles. The maximum absolute atomic E-state index is 11.2. The summed E-state index contributed by atoms with van der Waals surface area (Å²) in [6.07, 6.45) is 0.716. The fraction of sp³-hybridized carbons (Fsp3) is 0.200. The van der Waals surface area contributed by atoms with Gasteiger partial charge in [0, 0.05) is 10.0 Å². The van der Waals surface area contributed by atoms with Gasteiger partial charge in [-0.3, -0.25) is 4.79 Å². The van der Waals surface area contributed by atoms with Crippen LogP contribution in [0.1, 0.15) is 26.3 Å². The third kappa shape index (κ3) is 2.01. The van der Waals surface area contributed by atoms with Gasteiger partial charge in [0.15, 0.2) is 0 Å². The Morgan fingerprint density at radius 1 is 1.50 bits per heavy atom. The van der Waals surface area contributed by atoms with E-state index in [-0.39, 0.29) is 0 Å². The molecule has 0 saturated carbocycles. The van der Waals surface area contributed by atoms with E-state index in [0.717, 1.165) is 5.56 Å². The molecule has 0 radical (unpaired) electrons. The van der Waals surface area contributed by atoms with E-state index in [4.69, 9.17) is 0 Å². The minimum Gasteiger partial charge on any atom is -0.465 e. The first-order chi connectivity index (χ1) is 6.60. The van der Waals surface area contributed by atoms with Gasteiger partial charge in [-0.05, 0) is 40.5 Å². The van der Waals surface area contributed by atoms with Gasteiger partial charge in [-0.15, -0.1) is 0 Å². The van der Waals surface area contributed by atoms with Gasteiger partial charge in [-0.25, -0.2) is 4.79 Å². The highest BCUT2D eigenvalue weighted by molar-refractivity contribution is 9.10. The van der Waals surface area contributed by atoms with E-state index in [9.17, 15) is 9.59 Å². The summed E-state index contributed by atoms with van der Waals surface area (Å²) < 4.78 is 5.20. The number of halogens is 1. The molecule has 0 aliphatic heterocycles. The maximum atomic E-state index is 11.2. The minimum atomic E-state index is -0.458. The van der Waals surface area contributed by atoms with Gasteiger partial charge in [-0.2, -0.15) is 0 Å². The normalized spacial score (nSPS) is 9.64. The third-order valence-electron chi connectivity index (χ3n) is 1.89. The molecule has 0 spiro atoms. The van der Waals surface area contributed by atoms with Crippen LogP contribution in [0.2, 0.25) is 0 Å². The van der Waals surface area contributed by atoms with Crippen molar-refractivity contribution in [3.05, 3.63) is 33.3 Å². The summed E-state index contributed by atoms with van der Waals surface area (Å²) in [4.78, 5) is 21.9. The van der Waals surface area contributed by atoms with E-state index in [2.05, 4.69) is 20.7 Å². The number of rotatable bonds is 2. The number of esters is 1. The van der Waals surface area contributed by atoms with Crippen LogP contribution in [-0.4, -0.2) is 19.4 Å². The molecule has 1 aromatic rings. The van der Waals surface area contributed by atoms with Gasteiger partial charge in [0.1, 0.15) is 6.29 Å². The van der Waals surface area contributed by atoms with E-state index < -0.39 is 5.97 Å². The topological polar surface area (TPSA) is 43.4 Å². The summed E-state index contributed by atoms with van der Waals surface area (Å²) in [7, 11) is 1.30. The molecule has 0 aromatic heterocycles. The lowest BCUT2D eigenvalue weighted by Crippen LogP contribution is -2.04. The molecule has 0 N–H and O–H groups in total. The monoisotopic (exact) mass is 256 g/mol. The Hall–Kier alpha value is -1.16. The second kappa shape index (κ2) is 4.37. The van der Waals surface area contributed by atoms with Crippen molar-refractivity contribution >= 4 is 28.2 Å². The molecule has 0 amide bonds. The molecule has 0 unspecified atom stereocenters. The third-order valence-corrected chi connectivity index (χ3v) is 2.54. The Labute approximate surface area is 90.2 Å². The van der Waals surface area contributed by atoms with Crippen molar-refractivity contribution in [1.82, 2.24) is 0 Å². The summed E-state index contributed by atoms with van der Waals surface area (Å²) >= 11 is 3.24. The molecule has 0 aliphatic carbocycles. The molecule has 1 aromatic carbocycles. The zero-order valence-corrected chi connectivity index (χ0v) is 9.42. The van der Waals surface area contributed by atoms with Crippen molar-refractivity contribution in [2.75, 3.05) is 7.11 Å². The predicted octanol–water partition coefficient (Wildman–Crippen LogP) is 2.36. The number of aldehydes is 1. The molecule has 3 nitrogen and oxygen atoms in total. The van der Waals surface area contributed by atoms with Crippen molar-refractivity contribution in [3.8, 4) is 0 Å². The average Bonchev–Trinajstić information content (AvgIpc) is 2.17. The van der Waals surface area contributed by atoms with E-state index in [1.165, 1.54) is 13.2 Å². The lowest BCUT2D eigenvalue weighted by molar-refractivity contribution is 0.0599.